The Kier molecular flexibility index (Phi) is 5.18. The van der Waals surface area contributed by atoms with Crippen LogP contribution in [0.25, 0.3) is 0 Å². The molecule has 3 heteroatoms. The molecule has 2 nitrogen and oxygen atoms in total. The second kappa shape index (κ2) is 6.66. The van der Waals surface area contributed by atoms with Crippen LogP contribution in [0, 0.1) is 17.2 Å². The van der Waals surface area contributed by atoms with Crippen LogP contribution in [-0.4, -0.2) is 23.6 Å². The van der Waals surface area contributed by atoms with Gasteiger partial charge in [0.15, 0.2) is 0 Å². The Balaban J connectivity index is 1.93. The van der Waals surface area contributed by atoms with E-state index in [0.29, 0.717) is 12.1 Å². The van der Waals surface area contributed by atoms with E-state index in [1.54, 1.807) is 0 Å². The Morgan fingerprint density at radius 1 is 1.00 bits per heavy atom. The average molecular weight is 252 g/mol. The zero-order valence-electron chi connectivity index (χ0n) is 10.8. The van der Waals surface area contributed by atoms with Gasteiger partial charge >= 0.3 is 0 Å². The summed E-state index contributed by atoms with van der Waals surface area (Å²) in [6.07, 6.45) is 12.4. The molecule has 0 spiro atoms. The van der Waals surface area contributed by atoms with Gasteiger partial charge < -0.3 is 5.32 Å². The molecule has 4 unspecified atom stereocenters. The molecule has 4 atom stereocenters. The maximum atomic E-state index is 9.29. The molecule has 2 rings (SSSR count). The zero-order valence-corrected chi connectivity index (χ0v) is 11.6. The Morgan fingerprint density at radius 3 is 2.53 bits per heavy atom. The van der Waals surface area contributed by atoms with Gasteiger partial charge in [-0.2, -0.15) is 17.0 Å². The normalized spacial score (nSPS) is 38.6. The minimum absolute atomic E-state index is 0.251. The van der Waals surface area contributed by atoms with Crippen LogP contribution in [0.4, 0.5) is 0 Å². The van der Waals surface area contributed by atoms with E-state index in [9.17, 15) is 5.26 Å². The molecule has 1 N–H and O–H groups in total. The smallest absolute Gasteiger partial charge is 0.0672 e. The van der Waals surface area contributed by atoms with Crippen molar-refractivity contribution in [1.29, 1.82) is 5.26 Å². The first-order chi connectivity index (χ1) is 8.35. The predicted octanol–water partition coefficient (Wildman–Crippen LogP) is 3.33. The summed E-state index contributed by atoms with van der Waals surface area (Å²) in [6.45, 7) is 0. The number of nitrogens with one attached hydrogen (secondary N) is 1. The number of hydrogen-bond donors (Lipinski definition) is 1. The van der Waals surface area contributed by atoms with E-state index in [0.717, 1.165) is 11.7 Å². The summed E-state index contributed by atoms with van der Waals surface area (Å²) >= 11 is 2.00. The van der Waals surface area contributed by atoms with Crippen molar-refractivity contribution in [3.05, 3.63) is 0 Å². The van der Waals surface area contributed by atoms with Gasteiger partial charge in [-0.05, 0) is 31.9 Å². The van der Waals surface area contributed by atoms with E-state index in [2.05, 4.69) is 17.6 Å². The van der Waals surface area contributed by atoms with Gasteiger partial charge in [0.05, 0.1) is 12.0 Å². The summed E-state index contributed by atoms with van der Waals surface area (Å²) in [4.78, 5) is 0. The van der Waals surface area contributed by atoms with Crippen LogP contribution in [0.2, 0.25) is 0 Å². The SMILES string of the molecule is CSC1CCCC1NC1CCCCCC1C#N. The van der Waals surface area contributed by atoms with Gasteiger partial charge in [-0.3, -0.25) is 0 Å². The molecule has 2 saturated carbocycles. The highest BCUT2D eigenvalue weighted by atomic mass is 32.2. The standard InChI is InChI=1S/C14H24N2S/c1-17-14-9-5-8-13(14)16-12-7-4-2-3-6-11(12)10-15/h11-14,16H,2-9H2,1H3. The molecule has 0 amide bonds. The first-order valence-electron chi connectivity index (χ1n) is 7.03. The molecule has 0 radical (unpaired) electrons. The summed E-state index contributed by atoms with van der Waals surface area (Å²) in [5.41, 5.74) is 0. The molecule has 17 heavy (non-hydrogen) atoms. The van der Waals surface area contributed by atoms with Gasteiger partial charge in [0, 0.05) is 17.3 Å². The van der Waals surface area contributed by atoms with Crippen LogP contribution in [0.15, 0.2) is 0 Å². The van der Waals surface area contributed by atoms with Crippen molar-refractivity contribution >= 4 is 11.8 Å². The summed E-state index contributed by atoms with van der Waals surface area (Å²) in [5, 5.41) is 13.9. The van der Waals surface area contributed by atoms with Gasteiger partial charge in [-0.15, -0.1) is 0 Å². The van der Waals surface area contributed by atoms with Crippen LogP contribution < -0.4 is 5.32 Å². The lowest BCUT2D eigenvalue weighted by Crippen LogP contribution is -2.44. The lowest BCUT2D eigenvalue weighted by molar-refractivity contribution is 0.352. The Bertz CT molecular complexity index is 274. The Morgan fingerprint density at radius 2 is 1.76 bits per heavy atom. The fraction of sp³-hybridized carbons (Fsp3) is 0.929. The fourth-order valence-corrected chi connectivity index (χ4v) is 4.28. The third-order valence-electron chi connectivity index (χ3n) is 4.37. The van der Waals surface area contributed by atoms with E-state index in [-0.39, 0.29) is 5.92 Å². The molecule has 2 fully saturated rings. The summed E-state index contributed by atoms with van der Waals surface area (Å²) in [6, 6.07) is 3.65. The Hall–Kier alpha value is -0.200. The fourth-order valence-electron chi connectivity index (χ4n) is 3.34. The van der Waals surface area contributed by atoms with Crippen LogP contribution in [0.5, 0.6) is 0 Å². The second-order valence-corrected chi connectivity index (χ2v) is 6.54. The van der Waals surface area contributed by atoms with Crippen molar-refractivity contribution < 1.29 is 0 Å². The van der Waals surface area contributed by atoms with Crippen molar-refractivity contribution in [2.45, 2.75) is 68.7 Å². The second-order valence-electron chi connectivity index (χ2n) is 5.46. The van der Waals surface area contributed by atoms with Gasteiger partial charge in [0.1, 0.15) is 0 Å². The third-order valence-corrected chi connectivity index (χ3v) is 5.53. The van der Waals surface area contributed by atoms with Crippen LogP contribution in [0.3, 0.4) is 0 Å². The van der Waals surface area contributed by atoms with Crippen molar-refractivity contribution in [3.8, 4) is 6.07 Å². The van der Waals surface area contributed by atoms with Crippen molar-refractivity contribution in [2.75, 3.05) is 6.26 Å². The first-order valence-corrected chi connectivity index (χ1v) is 8.32. The van der Waals surface area contributed by atoms with E-state index in [4.69, 9.17) is 0 Å². The highest BCUT2D eigenvalue weighted by molar-refractivity contribution is 7.99. The largest absolute Gasteiger partial charge is 0.309 e. The topological polar surface area (TPSA) is 35.8 Å². The predicted molar refractivity (Wildman–Crippen MR) is 74.1 cm³/mol. The van der Waals surface area contributed by atoms with E-state index in [1.165, 1.54) is 44.9 Å². The first kappa shape index (κ1) is 13.2. The summed E-state index contributed by atoms with van der Waals surface area (Å²) in [5.74, 6) is 0.251. The molecule has 2 aliphatic rings. The molecule has 0 aromatic heterocycles. The summed E-state index contributed by atoms with van der Waals surface area (Å²) in [7, 11) is 0. The van der Waals surface area contributed by atoms with Crippen molar-refractivity contribution in [1.82, 2.24) is 5.32 Å². The molecule has 2 aliphatic carbocycles. The molecule has 0 heterocycles. The monoisotopic (exact) mass is 252 g/mol. The van der Waals surface area contributed by atoms with Crippen LogP contribution in [-0.2, 0) is 0 Å². The number of rotatable bonds is 3. The van der Waals surface area contributed by atoms with E-state index in [1.807, 2.05) is 11.8 Å². The van der Waals surface area contributed by atoms with Crippen LogP contribution in [0.1, 0.15) is 51.4 Å². The number of hydrogen-bond acceptors (Lipinski definition) is 3. The summed E-state index contributed by atoms with van der Waals surface area (Å²) < 4.78 is 0. The van der Waals surface area contributed by atoms with E-state index >= 15 is 0 Å². The van der Waals surface area contributed by atoms with E-state index < -0.39 is 0 Å². The quantitative estimate of drug-likeness (QED) is 0.783. The lowest BCUT2D eigenvalue weighted by atomic mass is 9.95. The van der Waals surface area contributed by atoms with Gasteiger partial charge in [0.2, 0.25) is 0 Å². The van der Waals surface area contributed by atoms with Gasteiger partial charge in [0.25, 0.3) is 0 Å². The van der Waals surface area contributed by atoms with Crippen molar-refractivity contribution in [2.24, 2.45) is 5.92 Å². The maximum absolute atomic E-state index is 9.29. The third kappa shape index (κ3) is 3.39. The molecule has 0 aromatic carbocycles. The number of nitriles is 1. The zero-order chi connectivity index (χ0) is 12.1. The molecular formula is C14H24N2S. The van der Waals surface area contributed by atoms with Gasteiger partial charge in [-0.1, -0.05) is 25.7 Å². The highest BCUT2D eigenvalue weighted by Crippen LogP contribution is 2.31. The molecule has 0 saturated heterocycles. The Labute approximate surface area is 110 Å². The minimum Gasteiger partial charge on any atom is -0.309 e. The number of nitrogens with zero attached hydrogens (tertiary/aromatic N) is 1. The highest BCUT2D eigenvalue weighted by Gasteiger charge is 2.31. The average Bonchev–Trinajstić information content (AvgIpc) is 2.67. The maximum Gasteiger partial charge on any atom is 0.0672 e. The lowest BCUT2D eigenvalue weighted by Gasteiger charge is -2.28. The molecule has 0 aliphatic heterocycles. The molecule has 0 aromatic rings. The van der Waals surface area contributed by atoms with Crippen molar-refractivity contribution in [3.63, 3.8) is 0 Å². The molecular weight excluding hydrogens is 228 g/mol. The molecule has 96 valence electrons. The minimum atomic E-state index is 0.251. The van der Waals surface area contributed by atoms with Crippen LogP contribution >= 0.6 is 11.8 Å². The molecule has 0 bridgehead atoms. The van der Waals surface area contributed by atoms with Gasteiger partial charge in [-0.25, -0.2) is 0 Å². The number of thioether (sulfide) groups is 1.